The first-order valence-corrected chi connectivity index (χ1v) is 10.6. The number of rotatable bonds is 4. The number of hydrogen-bond donors (Lipinski definition) is 0. The summed E-state index contributed by atoms with van der Waals surface area (Å²) in [6.45, 7) is 4.58. The average molecular weight is 441 g/mol. The van der Waals surface area contributed by atoms with E-state index in [1.54, 1.807) is 25.1 Å². The molecule has 0 spiro atoms. The summed E-state index contributed by atoms with van der Waals surface area (Å²) < 4.78 is 27.0. The molecule has 1 aliphatic rings. The lowest BCUT2D eigenvalue weighted by Crippen LogP contribution is -2.09. The third-order valence-corrected chi connectivity index (χ3v) is 5.75. The van der Waals surface area contributed by atoms with Crippen LogP contribution in [0.1, 0.15) is 38.8 Å². The highest BCUT2D eigenvalue weighted by Crippen LogP contribution is 2.40. The van der Waals surface area contributed by atoms with Gasteiger partial charge in [-0.1, -0.05) is 24.3 Å². The van der Waals surface area contributed by atoms with Gasteiger partial charge in [-0.2, -0.15) is 0 Å². The Bertz CT molecular complexity index is 1460. The summed E-state index contributed by atoms with van der Waals surface area (Å²) in [5.74, 6) is -0.631. The Hall–Kier alpha value is -4.19. The van der Waals surface area contributed by atoms with Gasteiger partial charge >= 0.3 is 5.97 Å². The Kier molecular flexibility index (Phi) is 5.05. The van der Waals surface area contributed by atoms with E-state index in [1.807, 2.05) is 30.5 Å². The number of Topliss-reactive ketones (excluding diaryl/α,β-unsaturated/α-hetero) is 1. The number of nitrogens with zero attached hydrogens (tertiary/aromatic N) is 1. The van der Waals surface area contributed by atoms with Crippen LogP contribution in [0.5, 0.6) is 11.5 Å². The van der Waals surface area contributed by atoms with Crippen LogP contribution in [0.25, 0.3) is 17.0 Å². The van der Waals surface area contributed by atoms with Crippen molar-refractivity contribution >= 4 is 28.7 Å². The number of ketones is 1. The van der Waals surface area contributed by atoms with Gasteiger partial charge in [-0.15, -0.1) is 0 Å². The molecule has 0 radical (unpaired) electrons. The van der Waals surface area contributed by atoms with Gasteiger partial charge in [0.25, 0.3) is 0 Å². The maximum atomic E-state index is 13.4. The summed E-state index contributed by atoms with van der Waals surface area (Å²) in [4.78, 5) is 25.4. The van der Waals surface area contributed by atoms with Crippen LogP contribution in [0.15, 0.2) is 72.6 Å². The van der Waals surface area contributed by atoms with Crippen molar-refractivity contribution in [2.45, 2.75) is 20.4 Å². The molecule has 164 valence electrons. The third kappa shape index (κ3) is 3.59. The van der Waals surface area contributed by atoms with Gasteiger partial charge in [0.2, 0.25) is 5.78 Å². The number of aromatic nitrogens is 1. The van der Waals surface area contributed by atoms with Gasteiger partial charge < -0.3 is 14.0 Å². The normalized spacial score (nSPS) is 13.9. The van der Waals surface area contributed by atoms with Crippen molar-refractivity contribution in [3.05, 3.63) is 101 Å². The number of fused-ring (bicyclic) bond motifs is 2. The van der Waals surface area contributed by atoms with E-state index in [1.165, 1.54) is 18.2 Å². The van der Waals surface area contributed by atoms with Crippen molar-refractivity contribution in [2.24, 2.45) is 0 Å². The van der Waals surface area contributed by atoms with Crippen LogP contribution in [0.3, 0.4) is 0 Å². The first-order chi connectivity index (χ1) is 16.0. The van der Waals surface area contributed by atoms with Crippen LogP contribution in [-0.2, 0) is 6.54 Å². The van der Waals surface area contributed by atoms with Crippen LogP contribution < -0.4 is 9.47 Å². The van der Waals surface area contributed by atoms with Crippen molar-refractivity contribution in [3.63, 3.8) is 0 Å². The first-order valence-electron chi connectivity index (χ1n) is 10.6. The molecule has 5 nitrogen and oxygen atoms in total. The standard InChI is InChI=1S/C27H20FNO4/c1-3-29-15-18(20-9-4-5-10-22(20)29)14-24-25(30)21-11-12-23(16(2)26(21)32-24)33-27(31)17-7-6-8-19(28)13-17/h4-15H,3H2,1-2H3/b24-14-. The van der Waals surface area contributed by atoms with Crippen molar-refractivity contribution in [1.29, 1.82) is 0 Å². The Morgan fingerprint density at radius 2 is 1.94 bits per heavy atom. The molecule has 6 heteroatoms. The molecule has 4 aromatic rings. The molecular formula is C27H20FNO4. The van der Waals surface area contributed by atoms with E-state index in [0.29, 0.717) is 16.9 Å². The fourth-order valence-corrected chi connectivity index (χ4v) is 4.05. The zero-order chi connectivity index (χ0) is 23.1. The van der Waals surface area contributed by atoms with Crippen LogP contribution in [0.4, 0.5) is 4.39 Å². The highest BCUT2D eigenvalue weighted by molar-refractivity contribution is 6.15. The lowest BCUT2D eigenvalue weighted by atomic mass is 10.1. The van der Waals surface area contributed by atoms with Crippen LogP contribution in [-0.4, -0.2) is 16.3 Å². The van der Waals surface area contributed by atoms with Crippen LogP contribution in [0.2, 0.25) is 0 Å². The van der Waals surface area contributed by atoms with Gasteiger partial charge in [0.1, 0.15) is 17.3 Å². The molecule has 0 aliphatic carbocycles. The van der Waals surface area contributed by atoms with E-state index in [4.69, 9.17) is 9.47 Å². The molecule has 0 unspecified atom stereocenters. The fraction of sp³-hybridized carbons (Fsp3) is 0.111. The number of allylic oxidation sites excluding steroid dienone is 1. The third-order valence-electron chi connectivity index (χ3n) is 5.75. The molecule has 0 bridgehead atoms. The first kappa shape index (κ1) is 20.7. The molecule has 1 aliphatic heterocycles. The summed E-state index contributed by atoms with van der Waals surface area (Å²) in [6.07, 6.45) is 3.74. The van der Waals surface area contributed by atoms with Gasteiger partial charge in [-0.25, -0.2) is 9.18 Å². The van der Waals surface area contributed by atoms with Crippen molar-refractivity contribution in [2.75, 3.05) is 0 Å². The number of carbonyl (C=O) groups is 2. The molecule has 33 heavy (non-hydrogen) atoms. The molecule has 0 atom stereocenters. The quantitative estimate of drug-likeness (QED) is 0.223. The van der Waals surface area contributed by atoms with E-state index in [0.717, 1.165) is 29.1 Å². The maximum Gasteiger partial charge on any atom is 0.343 e. The van der Waals surface area contributed by atoms with Gasteiger partial charge in [-0.3, -0.25) is 4.79 Å². The molecule has 0 N–H and O–H groups in total. The number of halogens is 1. The summed E-state index contributed by atoms with van der Waals surface area (Å²) in [5, 5.41) is 1.03. The molecule has 0 saturated carbocycles. The molecule has 1 aromatic heterocycles. The monoisotopic (exact) mass is 441 g/mol. The number of benzene rings is 3. The minimum absolute atomic E-state index is 0.0970. The molecular weight excluding hydrogens is 421 g/mol. The van der Waals surface area contributed by atoms with Gasteiger partial charge in [0.15, 0.2) is 5.76 Å². The van der Waals surface area contributed by atoms with Gasteiger partial charge in [-0.05, 0) is 56.3 Å². The van der Waals surface area contributed by atoms with Crippen molar-refractivity contribution in [3.8, 4) is 11.5 Å². The molecule has 5 rings (SSSR count). The maximum absolute atomic E-state index is 13.4. The zero-order valence-electron chi connectivity index (χ0n) is 18.1. The molecule has 3 aromatic carbocycles. The van der Waals surface area contributed by atoms with Crippen LogP contribution in [0, 0.1) is 12.7 Å². The van der Waals surface area contributed by atoms with E-state index in [9.17, 15) is 14.0 Å². The Balaban J connectivity index is 1.47. The van der Waals surface area contributed by atoms with E-state index >= 15 is 0 Å². The number of para-hydroxylation sites is 1. The number of esters is 1. The summed E-state index contributed by atoms with van der Waals surface area (Å²) >= 11 is 0. The lowest BCUT2D eigenvalue weighted by molar-refractivity contribution is 0.0732. The van der Waals surface area contributed by atoms with Crippen molar-refractivity contribution < 1.29 is 23.5 Å². The van der Waals surface area contributed by atoms with E-state index in [2.05, 4.69) is 11.5 Å². The zero-order valence-corrected chi connectivity index (χ0v) is 18.1. The number of ether oxygens (including phenoxy) is 2. The predicted molar refractivity (Wildman–Crippen MR) is 123 cm³/mol. The molecule has 0 amide bonds. The van der Waals surface area contributed by atoms with Gasteiger partial charge in [0.05, 0.1) is 11.1 Å². The second kappa shape index (κ2) is 8.06. The smallest absolute Gasteiger partial charge is 0.343 e. The largest absolute Gasteiger partial charge is 0.452 e. The Labute approximate surface area is 189 Å². The summed E-state index contributed by atoms with van der Waals surface area (Å²) in [7, 11) is 0. The molecule has 2 heterocycles. The minimum Gasteiger partial charge on any atom is -0.452 e. The average Bonchev–Trinajstić information content (AvgIpc) is 3.34. The number of carbonyl (C=O) groups excluding carboxylic acids is 2. The fourth-order valence-electron chi connectivity index (χ4n) is 4.05. The second-order valence-electron chi connectivity index (χ2n) is 7.79. The summed E-state index contributed by atoms with van der Waals surface area (Å²) in [5.41, 5.74) is 2.99. The number of aryl methyl sites for hydroxylation is 1. The molecule has 0 saturated heterocycles. The van der Waals surface area contributed by atoms with Crippen LogP contribution >= 0.6 is 0 Å². The van der Waals surface area contributed by atoms with E-state index in [-0.39, 0.29) is 22.9 Å². The SMILES string of the molecule is CCn1cc(/C=C2\Oc3c(ccc(OC(=O)c4cccc(F)c4)c3C)C2=O)c2ccccc21. The number of hydrogen-bond acceptors (Lipinski definition) is 4. The highest BCUT2D eigenvalue weighted by Gasteiger charge is 2.31. The summed E-state index contributed by atoms with van der Waals surface area (Å²) in [6, 6.07) is 16.4. The highest BCUT2D eigenvalue weighted by atomic mass is 19.1. The minimum atomic E-state index is -0.690. The lowest BCUT2D eigenvalue weighted by Gasteiger charge is -2.10. The topological polar surface area (TPSA) is 57.5 Å². The Morgan fingerprint density at radius 1 is 1.12 bits per heavy atom. The molecule has 0 fully saturated rings. The van der Waals surface area contributed by atoms with E-state index < -0.39 is 11.8 Å². The second-order valence-corrected chi connectivity index (χ2v) is 7.79. The van der Waals surface area contributed by atoms with Crippen molar-refractivity contribution in [1.82, 2.24) is 4.57 Å². The van der Waals surface area contributed by atoms with Gasteiger partial charge in [0, 0.05) is 34.8 Å². The predicted octanol–water partition coefficient (Wildman–Crippen LogP) is 5.94. The Morgan fingerprint density at radius 3 is 2.73 bits per heavy atom.